The summed E-state index contributed by atoms with van der Waals surface area (Å²) in [6, 6.07) is -2.09. The first-order chi connectivity index (χ1) is 6.50. The number of carboxylic acids is 1. The molecule has 0 radical (unpaired) electrons. The fourth-order valence-electron chi connectivity index (χ4n) is 0.363. The van der Waals surface area contributed by atoms with Crippen molar-refractivity contribution >= 4 is 11.9 Å². The highest BCUT2D eigenvalue weighted by Crippen LogP contribution is 1.89. The van der Waals surface area contributed by atoms with E-state index in [4.69, 9.17) is 12.0 Å². The summed E-state index contributed by atoms with van der Waals surface area (Å²) < 4.78 is 34.9. The van der Waals surface area contributed by atoms with Gasteiger partial charge in [0.25, 0.3) is 0 Å². The van der Waals surface area contributed by atoms with E-state index in [9.17, 15) is 9.59 Å². The monoisotopic (exact) mass is 150 g/mol. The Morgan fingerprint density at radius 2 is 2.50 bits per heavy atom. The zero-order chi connectivity index (χ0) is 12.4. The van der Waals surface area contributed by atoms with Crippen molar-refractivity contribution in [1.82, 2.24) is 5.32 Å². The number of amides is 1. The molecule has 1 unspecified atom stereocenters. The number of carboxylic acid groups (broad SMARTS) is 1. The van der Waals surface area contributed by atoms with Crippen molar-refractivity contribution in [1.29, 1.82) is 0 Å². The lowest BCUT2D eigenvalue weighted by molar-refractivity contribution is -0.141. The lowest BCUT2D eigenvalue weighted by Crippen LogP contribution is -2.38. The molecule has 0 aliphatic rings. The summed E-state index contributed by atoms with van der Waals surface area (Å²) >= 11 is 0. The molecule has 0 aliphatic heterocycles. The van der Waals surface area contributed by atoms with Crippen LogP contribution in [-0.2, 0) is 9.59 Å². The molecule has 0 bridgehead atoms. The minimum Gasteiger partial charge on any atom is -0.480 e. The lowest BCUT2D eigenvalue weighted by atomic mass is 10.2. The van der Waals surface area contributed by atoms with Crippen molar-refractivity contribution in [2.45, 2.75) is 26.2 Å². The number of rotatable bonds is 3. The smallest absolute Gasteiger partial charge is 0.326 e. The van der Waals surface area contributed by atoms with E-state index in [0.717, 1.165) is 6.92 Å². The van der Waals surface area contributed by atoms with E-state index in [1.165, 1.54) is 0 Å². The Morgan fingerprint density at radius 1 is 1.90 bits per heavy atom. The fraction of sp³-hybridized carbons (Fsp3) is 0.667. The first kappa shape index (κ1) is 3.37. The average molecular weight is 150 g/mol. The Morgan fingerprint density at radius 3 is 2.80 bits per heavy atom. The maximum Gasteiger partial charge on any atom is 0.326 e. The molecule has 0 saturated heterocycles. The van der Waals surface area contributed by atoms with Crippen molar-refractivity contribution < 1.29 is 21.5 Å². The maximum absolute atomic E-state index is 10.6. The molecular weight excluding hydrogens is 134 g/mol. The summed E-state index contributed by atoms with van der Waals surface area (Å²) in [5.74, 6) is -2.54. The van der Waals surface area contributed by atoms with Gasteiger partial charge in [0.15, 0.2) is 0 Å². The molecule has 4 heteroatoms. The van der Waals surface area contributed by atoms with Crippen molar-refractivity contribution in [3.63, 3.8) is 0 Å². The van der Waals surface area contributed by atoms with Gasteiger partial charge in [-0.3, -0.25) is 4.79 Å². The van der Waals surface area contributed by atoms with Gasteiger partial charge in [-0.15, -0.1) is 0 Å². The van der Waals surface area contributed by atoms with Crippen LogP contribution < -0.4 is 5.32 Å². The summed E-state index contributed by atoms with van der Waals surface area (Å²) in [4.78, 5) is 21.2. The SMILES string of the molecule is [2H]C([2H])([2H])C([2H])([2H])C(NC(C)=O)C(=O)O. The molecule has 0 aromatic rings. The van der Waals surface area contributed by atoms with Crippen LogP contribution in [0, 0.1) is 0 Å². The van der Waals surface area contributed by atoms with Crippen LogP contribution >= 0.6 is 0 Å². The van der Waals surface area contributed by atoms with Crippen LogP contribution in [0.3, 0.4) is 0 Å². The molecule has 0 heterocycles. The van der Waals surface area contributed by atoms with Crippen molar-refractivity contribution in [2.75, 3.05) is 0 Å². The zero-order valence-electron chi connectivity index (χ0n) is 10.3. The molecule has 0 aromatic carbocycles. The van der Waals surface area contributed by atoms with Crippen molar-refractivity contribution in [3.8, 4) is 0 Å². The molecule has 0 spiro atoms. The number of aliphatic carboxylic acids is 1. The first-order valence-corrected chi connectivity index (χ1v) is 2.50. The molecule has 0 rings (SSSR count). The molecule has 10 heavy (non-hydrogen) atoms. The molecule has 0 aromatic heterocycles. The van der Waals surface area contributed by atoms with Crippen molar-refractivity contribution in [3.05, 3.63) is 0 Å². The van der Waals surface area contributed by atoms with Gasteiger partial charge in [-0.1, -0.05) is 6.85 Å². The molecule has 0 fully saturated rings. The summed E-state index contributed by atoms with van der Waals surface area (Å²) in [6.45, 7) is -2.15. The Balaban J connectivity index is 5.08. The van der Waals surface area contributed by atoms with Gasteiger partial charge < -0.3 is 10.4 Å². The Labute approximate surface area is 66.3 Å². The number of carbonyl (C=O) groups excluding carboxylic acids is 1. The van der Waals surface area contributed by atoms with E-state index >= 15 is 0 Å². The normalized spacial score (nSPS) is 22.3. The summed E-state index contributed by atoms with van der Waals surface area (Å²) in [5, 5.41) is 10.4. The van der Waals surface area contributed by atoms with Gasteiger partial charge in [0.1, 0.15) is 6.04 Å². The maximum atomic E-state index is 10.6. The van der Waals surface area contributed by atoms with Gasteiger partial charge >= 0.3 is 5.97 Å². The third-order valence-electron chi connectivity index (χ3n) is 0.739. The molecule has 4 nitrogen and oxygen atoms in total. The van der Waals surface area contributed by atoms with Crippen LogP contribution in [-0.4, -0.2) is 23.0 Å². The number of hydrogen-bond donors (Lipinski definition) is 2. The second-order valence-electron chi connectivity index (χ2n) is 1.62. The third kappa shape index (κ3) is 3.06. The Bertz CT molecular complexity index is 274. The van der Waals surface area contributed by atoms with Crippen LogP contribution in [0.4, 0.5) is 0 Å². The standard InChI is InChI=1S/C6H11NO3/c1-3-5(6(9)10)7-4(2)8/h5H,3H2,1-2H3,(H,7,8)(H,9,10)/i1D3,3D2. The zero-order valence-corrected chi connectivity index (χ0v) is 5.34. The van der Waals surface area contributed by atoms with Gasteiger partial charge in [-0.2, -0.15) is 0 Å². The van der Waals surface area contributed by atoms with Crippen LogP contribution in [0.25, 0.3) is 0 Å². The van der Waals surface area contributed by atoms with Gasteiger partial charge in [-0.25, -0.2) is 4.79 Å². The second-order valence-corrected chi connectivity index (χ2v) is 1.62. The molecular formula is C6H11NO3. The molecule has 1 atom stereocenters. The van der Waals surface area contributed by atoms with Gasteiger partial charge in [0.2, 0.25) is 5.91 Å². The number of hydrogen-bond acceptors (Lipinski definition) is 2. The van der Waals surface area contributed by atoms with E-state index in [1.807, 2.05) is 0 Å². The lowest BCUT2D eigenvalue weighted by Gasteiger charge is -2.08. The van der Waals surface area contributed by atoms with Crippen LogP contribution in [0.15, 0.2) is 0 Å². The molecule has 1 amide bonds. The average Bonchev–Trinajstić information content (AvgIpc) is 1.96. The van der Waals surface area contributed by atoms with E-state index in [-0.39, 0.29) is 0 Å². The molecule has 58 valence electrons. The number of nitrogens with one attached hydrogen (secondary N) is 1. The van der Waals surface area contributed by atoms with E-state index in [1.54, 1.807) is 5.32 Å². The second kappa shape index (κ2) is 3.87. The fourth-order valence-corrected chi connectivity index (χ4v) is 0.363. The molecule has 2 N–H and O–H groups in total. The van der Waals surface area contributed by atoms with Crippen LogP contribution in [0.5, 0.6) is 0 Å². The van der Waals surface area contributed by atoms with Crippen molar-refractivity contribution in [2.24, 2.45) is 0 Å². The van der Waals surface area contributed by atoms with E-state index < -0.39 is 31.1 Å². The number of carbonyl (C=O) groups is 2. The minimum atomic E-state index is -3.13. The van der Waals surface area contributed by atoms with Gasteiger partial charge in [0.05, 0.1) is 0 Å². The predicted molar refractivity (Wildman–Crippen MR) is 35.5 cm³/mol. The third-order valence-corrected chi connectivity index (χ3v) is 0.739. The predicted octanol–water partition coefficient (Wildman–Crippen LogP) is -0.0143. The van der Waals surface area contributed by atoms with Crippen LogP contribution in [0.2, 0.25) is 0 Å². The Kier molecular flexibility index (Phi) is 1.30. The first-order valence-electron chi connectivity index (χ1n) is 5.00. The summed E-state index contributed by atoms with van der Waals surface area (Å²) in [6.07, 6.45) is -3.02. The largest absolute Gasteiger partial charge is 0.480 e. The summed E-state index contributed by atoms with van der Waals surface area (Å²) in [7, 11) is 0. The summed E-state index contributed by atoms with van der Waals surface area (Å²) in [5.41, 5.74) is 0. The highest BCUT2D eigenvalue weighted by atomic mass is 16.4. The Hall–Kier alpha value is -1.06. The van der Waals surface area contributed by atoms with Gasteiger partial charge in [0, 0.05) is 13.8 Å². The van der Waals surface area contributed by atoms with Gasteiger partial charge in [-0.05, 0) is 6.37 Å². The highest BCUT2D eigenvalue weighted by Gasteiger charge is 2.14. The van der Waals surface area contributed by atoms with E-state index in [0.29, 0.717) is 0 Å². The topological polar surface area (TPSA) is 66.4 Å². The van der Waals surface area contributed by atoms with Crippen LogP contribution in [0.1, 0.15) is 27.0 Å². The van der Waals surface area contributed by atoms with E-state index in [2.05, 4.69) is 0 Å². The molecule has 0 saturated carbocycles. The quantitative estimate of drug-likeness (QED) is 0.594. The minimum absolute atomic E-state index is 0.810. The molecule has 0 aliphatic carbocycles. The highest BCUT2D eigenvalue weighted by molar-refractivity contribution is 5.81.